The summed E-state index contributed by atoms with van der Waals surface area (Å²) in [6.07, 6.45) is 2.23. The van der Waals surface area contributed by atoms with E-state index in [2.05, 4.69) is 0 Å². The lowest BCUT2D eigenvalue weighted by atomic mass is 10.1. The van der Waals surface area contributed by atoms with Gasteiger partial charge in [0, 0.05) is 25.1 Å². The molecule has 0 unspecified atom stereocenters. The van der Waals surface area contributed by atoms with E-state index in [9.17, 15) is 9.59 Å². The summed E-state index contributed by atoms with van der Waals surface area (Å²) in [6, 6.07) is 0. The molecule has 70 valence electrons. The molecule has 0 fully saturated rings. The van der Waals surface area contributed by atoms with E-state index in [1.54, 1.807) is 0 Å². The lowest BCUT2D eigenvalue weighted by Crippen LogP contribution is -1.99. The number of hydrogen-bond donors (Lipinski definition) is 1. The first-order valence-corrected chi connectivity index (χ1v) is 4.49. The molecule has 0 saturated carbocycles. The van der Waals surface area contributed by atoms with Gasteiger partial charge < -0.3 is 5.11 Å². The monoisotopic (exact) mass is 192 g/mol. The van der Waals surface area contributed by atoms with E-state index in [0.717, 1.165) is 0 Å². The van der Waals surface area contributed by atoms with Gasteiger partial charge in [-0.15, -0.1) is 11.6 Å². The molecule has 0 radical (unpaired) electrons. The highest BCUT2D eigenvalue weighted by atomic mass is 35.5. The number of carboxylic acid groups (broad SMARTS) is 1. The van der Waals surface area contributed by atoms with Crippen molar-refractivity contribution in [2.45, 2.75) is 32.1 Å². The fraction of sp³-hybridized carbons (Fsp3) is 0.750. The normalized spacial score (nSPS) is 9.75. The van der Waals surface area contributed by atoms with E-state index in [4.69, 9.17) is 16.7 Å². The standard InChI is InChI=1S/C8H13ClO3/c9-6-5-7(10)3-1-2-4-8(11)12/h1-6H2,(H,11,12). The van der Waals surface area contributed by atoms with E-state index >= 15 is 0 Å². The highest BCUT2D eigenvalue weighted by Crippen LogP contribution is 2.02. The van der Waals surface area contributed by atoms with Gasteiger partial charge in [-0.25, -0.2) is 0 Å². The molecule has 0 aromatic rings. The highest BCUT2D eigenvalue weighted by Gasteiger charge is 2.01. The maximum Gasteiger partial charge on any atom is 0.303 e. The molecule has 0 aromatic carbocycles. The minimum absolute atomic E-state index is 0.121. The van der Waals surface area contributed by atoms with Gasteiger partial charge >= 0.3 is 5.97 Å². The van der Waals surface area contributed by atoms with Crippen LogP contribution in [0, 0.1) is 0 Å². The maximum atomic E-state index is 10.9. The Hall–Kier alpha value is -0.570. The van der Waals surface area contributed by atoms with Crippen LogP contribution in [0.15, 0.2) is 0 Å². The van der Waals surface area contributed by atoms with Gasteiger partial charge in [-0.05, 0) is 12.8 Å². The van der Waals surface area contributed by atoms with Gasteiger partial charge in [0.1, 0.15) is 5.78 Å². The molecule has 0 aliphatic carbocycles. The molecule has 3 nitrogen and oxygen atoms in total. The Morgan fingerprint density at radius 2 is 1.67 bits per heavy atom. The number of carbonyl (C=O) groups is 2. The lowest BCUT2D eigenvalue weighted by molar-refractivity contribution is -0.137. The summed E-state index contributed by atoms with van der Waals surface area (Å²) in [5, 5.41) is 8.28. The Morgan fingerprint density at radius 3 is 2.17 bits per heavy atom. The van der Waals surface area contributed by atoms with Crippen LogP contribution < -0.4 is 0 Å². The zero-order chi connectivity index (χ0) is 9.40. The average molecular weight is 193 g/mol. The predicted molar refractivity (Wildman–Crippen MR) is 46.4 cm³/mol. The molecule has 0 atom stereocenters. The molecular formula is C8H13ClO3. The fourth-order valence-electron chi connectivity index (χ4n) is 0.829. The largest absolute Gasteiger partial charge is 0.481 e. The van der Waals surface area contributed by atoms with Crippen molar-refractivity contribution in [3.8, 4) is 0 Å². The number of halogens is 1. The quantitative estimate of drug-likeness (QED) is 0.495. The Balaban J connectivity index is 3.19. The van der Waals surface area contributed by atoms with E-state index < -0.39 is 5.97 Å². The summed E-state index contributed by atoms with van der Waals surface area (Å²) in [6.45, 7) is 0. The third-order valence-corrected chi connectivity index (χ3v) is 1.66. The molecular weight excluding hydrogens is 180 g/mol. The minimum Gasteiger partial charge on any atom is -0.481 e. The van der Waals surface area contributed by atoms with Gasteiger partial charge in [-0.2, -0.15) is 0 Å². The number of alkyl halides is 1. The molecule has 1 N–H and O–H groups in total. The lowest BCUT2D eigenvalue weighted by Gasteiger charge is -1.96. The Bertz CT molecular complexity index is 156. The van der Waals surface area contributed by atoms with Crippen LogP contribution in [-0.4, -0.2) is 22.7 Å². The summed E-state index contributed by atoms with van der Waals surface area (Å²) >= 11 is 5.34. The highest BCUT2D eigenvalue weighted by molar-refractivity contribution is 6.19. The maximum absolute atomic E-state index is 10.9. The van der Waals surface area contributed by atoms with Crippen LogP contribution in [0.3, 0.4) is 0 Å². The van der Waals surface area contributed by atoms with Crippen molar-refractivity contribution in [1.82, 2.24) is 0 Å². The van der Waals surface area contributed by atoms with Gasteiger partial charge in [0.05, 0.1) is 0 Å². The predicted octanol–water partition coefficient (Wildman–Crippen LogP) is 1.83. The van der Waals surface area contributed by atoms with Crippen molar-refractivity contribution in [3.63, 3.8) is 0 Å². The van der Waals surface area contributed by atoms with Crippen LogP contribution in [0.2, 0.25) is 0 Å². The summed E-state index contributed by atoms with van der Waals surface area (Å²) in [5.41, 5.74) is 0. The smallest absolute Gasteiger partial charge is 0.303 e. The topological polar surface area (TPSA) is 54.4 Å². The first kappa shape index (κ1) is 11.4. The van der Waals surface area contributed by atoms with Gasteiger partial charge in [-0.1, -0.05) is 0 Å². The number of aliphatic carboxylic acids is 1. The third kappa shape index (κ3) is 7.54. The van der Waals surface area contributed by atoms with Crippen LogP contribution in [0.1, 0.15) is 32.1 Å². The van der Waals surface area contributed by atoms with Gasteiger partial charge in [0.2, 0.25) is 0 Å². The molecule has 0 heterocycles. The number of rotatable bonds is 7. The molecule has 0 amide bonds. The van der Waals surface area contributed by atoms with E-state index in [1.807, 2.05) is 0 Å². The summed E-state index contributed by atoms with van der Waals surface area (Å²) in [4.78, 5) is 20.9. The molecule has 4 heteroatoms. The van der Waals surface area contributed by atoms with Crippen molar-refractivity contribution < 1.29 is 14.7 Å². The molecule has 0 bridgehead atoms. The Morgan fingerprint density at radius 1 is 1.08 bits per heavy atom. The second-order valence-electron chi connectivity index (χ2n) is 2.58. The summed E-state index contributed by atoms with van der Waals surface area (Å²) < 4.78 is 0. The molecule has 0 saturated heterocycles. The van der Waals surface area contributed by atoms with Gasteiger partial charge in [0.15, 0.2) is 0 Å². The van der Waals surface area contributed by atoms with Crippen LogP contribution in [0.5, 0.6) is 0 Å². The first-order chi connectivity index (χ1) is 5.66. The first-order valence-electron chi connectivity index (χ1n) is 3.96. The minimum atomic E-state index is -0.806. The van der Waals surface area contributed by atoms with Crippen LogP contribution in [-0.2, 0) is 9.59 Å². The van der Waals surface area contributed by atoms with Crippen molar-refractivity contribution in [3.05, 3.63) is 0 Å². The zero-order valence-electron chi connectivity index (χ0n) is 6.88. The fourth-order valence-corrected chi connectivity index (χ4v) is 1.04. The number of carboxylic acids is 1. The molecule has 0 spiro atoms. The van der Waals surface area contributed by atoms with Crippen molar-refractivity contribution in [2.75, 3.05) is 5.88 Å². The van der Waals surface area contributed by atoms with Crippen molar-refractivity contribution in [1.29, 1.82) is 0 Å². The molecule has 12 heavy (non-hydrogen) atoms. The number of carbonyl (C=O) groups excluding carboxylic acids is 1. The Kier molecular flexibility index (Phi) is 6.76. The SMILES string of the molecule is O=C(O)CCCCC(=O)CCCl. The summed E-state index contributed by atoms with van der Waals surface area (Å²) in [5.74, 6) is -0.326. The van der Waals surface area contributed by atoms with Crippen LogP contribution >= 0.6 is 11.6 Å². The summed E-state index contributed by atoms with van der Waals surface area (Å²) in [7, 11) is 0. The average Bonchev–Trinajstić information content (AvgIpc) is 1.98. The zero-order valence-corrected chi connectivity index (χ0v) is 7.64. The number of hydrogen-bond acceptors (Lipinski definition) is 2. The van der Waals surface area contributed by atoms with E-state index in [1.165, 1.54) is 0 Å². The third-order valence-electron chi connectivity index (χ3n) is 1.47. The second-order valence-corrected chi connectivity index (χ2v) is 2.96. The van der Waals surface area contributed by atoms with E-state index in [-0.39, 0.29) is 12.2 Å². The second kappa shape index (κ2) is 7.10. The van der Waals surface area contributed by atoms with E-state index in [0.29, 0.717) is 31.6 Å². The molecule has 0 rings (SSSR count). The van der Waals surface area contributed by atoms with Crippen LogP contribution in [0.25, 0.3) is 0 Å². The van der Waals surface area contributed by atoms with Gasteiger partial charge in [-0.3, -0.25) is 9.59 Å². The Labute approximate surface area is 76.7 Å². The molecule has 0 aliphatic heterocycles. The van der Waals surface area contributed by atoms with Gasteiger partial charge in [0.25, 0.3) is 0 Å². The number of ketones is 1. The molecule has 0 aliphatic rings. The molecule has 0 aromatic heterocycles. The number of Topliss-reactive ketones (excluding diaryl/α,β-unsaturated/α-hetero) is 1. The van der Waals surface area contributed by atoms with Crippen molar-refractivity contribution in [2.24, 2.45) is 0 Å². The number of unbranched alkanes of at least 4 members (excludes halogenated alkanes) is 1. The van der Waals surface area contributed by atoms with Crippen molar-refractivity contribution >= 4 is 23.4 Å². The van der Waals surface area contributed by atoms with Crippen LogP contribution in [0.4, 0.5) is 0 Å².